The third kappa shape index (κ3) is 2.54. The molecule has 0 bridgehead atoms. The van der Waals surface area contributed by atoms with E-state index < -0.39 is 32.4 Å². The Morgan fingerprint density at radius 2 is 2.26 bits per heavy atom. The summed E-state index contributed by atoms with van der Waals surface area (Å²) < 4.78 is 29.4. The first-order valence-corrected chi connectivity index (χ1v) is 10.8. The van der Waals surface area contributed by atoms with Gasteiger partial charge in [0.15, 0.2) is 0 Å². The van der Waals surface area contributed by atoms with Crippen LogP contribution in [-0.4, -0.2) is 69.4 Å². The van der Waals surface area contributed by atoms with Crippen molar-refractivity contribution >= 4 is 38.5 Å². The fourth-order valence-electron chi connectivity index (χ4n) is 2.73. The second kappa shape index (κ2) is 5.58. The first kappa shape index (κ1) is 15.6. The van der Waals surface area contributed by atoms with Crippen LogP contribution in [0.5, 0.6) is 0 Å². The van der Waals surface area contributed by atoms with Gasteiger partial charge in [0.25, 0.3) is 0 Å². The second-order valence-corrected chi connectivity index (χ2v) is 8.17. The SMILES string of the molecule is C[Se]c1ncnc2c1ncn2[C@@H]1O[C@@H]2COP(=O)(O)O[C@H]2[C@H]1O. The van der Waals surface area contributed by atoms with E-state index >= 15 is 0 Å². The van der Waals surface area contributed by atoms with Crippen LogP contribution in [0.2, 0.25) is 5.82 Å². The number of phosphoric acid groups is 1. The van der Waals surface area contributed by atoms with Crippen molar-refractivity contribution in [2.24, 2.45) is 0 Å². The molecule has 12 heteroatoms. The number of hydrogen-bond acceptors (Lipinski definition) is 8. The number of fused-ring (bicyclic) bond motifs is 2. The third-order valence-corrected chi connectivity index (χ3v) is 6.18. The number of imidazole rings is 1. The van der Waals surface area contributed by atoms with Crippen LogP contribution in [0.4, 0.5) is 0 Å². The summed E-state index contributed by atoms with van der Waals surface area (Å²) in [5.74, 6) is 2.02. The number of nitrogens with zero attached hydrogens (tertiary/aromatic N) is 4. The standard InChI is InChI=1S/C11H13N4O6PSe/c1-23-10-6-9(12-3-13-10)15(4-14-6)11-7(16)8-5(20-11)2-19-22(17,18)21-8/h3-5,7-8,11,16H,2H2,1H3,(H,17,18)/t5-,7-,8-,11-/m1/s1. The molecule has 1 unspecified atom stereocenters. The van der Waals surface area contributed by atoms with E-state index in [4.69, 9.17) is 13.8 Å². The third-order valence-electron chi connectivity index (χ3n) is 3.76. The molecule has 2 aliphatic heterocycles. The van der Waals surface area contributed by atoms with Gasteiger partial charge in [0.2, 0.25) is 0 Å². The molecular formula is C11H13N4O6PSe. The van der Waals surface area contributed by atoms with Crippen LogP contribution in [-0.2, 0) is 18.3 Å². The maximum atomic E-state index is 11.5. The Bertz CT molecular complexity index is 802. The van der Waals surface area contributed by atoms with Crippen molar-refractivity contribution < 1.29 is 28.3 Å². The molecule has 2 aromatic heterocycles. The fraction of sp³-hybridized carbons (Fsp3) is 0.545. The van der Waals surface area contributed by atoms with E-state index in [9.17, 15) is 14.6 Å². The molecule has 124 valence electrons. The van der Waals surface area contributed by atoms with Crippen LogP contribution in [0.15, 0.2) is 12.7 Å². The van der Waals surface area contributed by atoms with Crippen LogP contribution >= 0.6 is 7.82 Å². The zero-order chi connectivity index (χ0) is 16.2. The summed E-state index contributed by atoms with van der Waals surface area (Å²) in [5.41, 5.74) is 1.19. The van der Waals surface area contributed by atoms with Crippen molar-refractivity contribution in [3.63, 3.8) is 0 Å². The van der Waals surface area contributed by atoms with E-state index in [0.717, 1.165) is 4.59 Å². The summed E-state index contributed by atoms with van der Waals surface area (Å²) in [5, 5.41) is 10.4. The molecule has 2 aliphatic rings. The predicted molar refractivity (Wildman–Crippen MR) is 77.1 cm³/mol. The summed E-state index contributed by atoms with van der Waals surface area (Å²) in [6.07, 6.45) is -0.607. The molecule has 4 rings (SSSR count). The number of aromatic nitrogens is 4. The van der Waals surface area contributed by atoms with E-state index in [0.29, 0.717) is 11.2 Å². The molecule has 0 amide bonds. The zero-order valence-corrected chi connectivity index (χ0v) is 14.5. The average Bonchev–Trinajstić information content (AvgIpc) is 3.08. The van der Waals surface area contributed by atoms with E-state index in [1.807, 2.05) is 5.82 Å². The van der Waals surface area contributed by atoms with Crippen LogP contribution in [0.1, 0.15) is 6.23 Å². The molecule has 2 fully saturated rings. The summed E-state index contributed by atoms with van der Waals surface area (Å²) in [6.45, 7) is -0.128. The molecule has 0 aromatic carbocycles. The van der Waals surface area contributed by atoms with E-state index in [1.54, 1.807) is 4.57 Å². The van der Waals surface area contributed by atoms with Crippen molar-refractivity contribution in [2.75, 3.05) is 6.61 Å². The first-order valence-electron chi connectivity index (χ1n) is 6.71. The number of rotatable bonds is 2. The van der Waals surface area contributed by atoms with Gasteiger partial charge >= 0.3 is 136 Å². The molecule has 2 N–H and O–H groups in total. The summed E-state index contributed by atoms with van der Waals surface area (Å²) >= 11 is 0.143. The molecule has 2 saturated heterocycles. The Labute approximate surface area is 136 Å². The Balaban J connectivity index is 1.71. The van der Waals surface area contributed by atoms with Gasteiger partial charge in [0.1, 0.15) is 0 Å². The monoisotopic (exact) mass is 408 g/mol. The molecule has 4 heterocycles. The van der Waals surface area contributed by atoms with Crippen molar-refractivity contribution in [2.45, 2.75) is 30.4 Å². The van der Waals surface area contributed by atoms with Crippen molar-refractivity contribution in [3.05, 3.63) is 12.7 Å². The fourth-order valence-corrected chi connectivity index (χ4v) is 4.72. The van der Waals surface area contributed by atoms with Crippen molar-refractivity contribution in [1.29, 1.82) is 0 Å². The minimum atomic E-state index is -4.15. The summed E-state index contributed by atoms with van der Waals surface area (Å²) in [6, 6.07) is 0. The minimum absolute atomic E-state index is 0.128. The zero-order valence-electron chi connectivity index (χ0n) is 11.8. The molecular weight excluding hydrogens is 394 g/mol. The quantitative estimate of drug-likeness (QED) is 0.475. The van der Waals surface area contributed by atoms with Gasteiger partial charge in [-0.2, -0.15) is 0 Å². The second-order valence-electron chi connectivity index (χ2n) is 5.10. The van der Waals surface area contributed by atoms with Gasteiger partial charge in [-0.3, -0.25) is 0 Å². The van der Waals surface area contributed by atoms with Crippen LogP contribution in [0.25, 0.3) is 11.2 Å². The van der Waals surface area contributed by atoms with E-state index in [2.05, 4.69) is 15.0 Å². The maximum absolute atomic E-state index is 11.5. The van der Waals surface area contributed by atoms with Crippen molar-refractivity contribution in [3.8, 4) is 0 Å². The van der Waals surface area contributed by atoms with Gasteiger partial charge in [0.05, 0.1) is 0 Å². The summed E-state index contributed by atoms with van der Waals surface area (Å²) in [4.78, 5) is 22.1. The van der Waals surface area contributed by atoms with Crippen LogP contribution in [0, 0.1) is 0 Å². The molecule has 23 heavy (non-hydrogen) atoms. The molecule has 0 aliphatic carbocycles. The number of ether oxygens (including phenoxy) is 1. The van der Waals surface area contributed by atoms with E-state index in [-0.39, 0.29) is 21.6 Å². The normalized spacial score (nSPS) is 37.2. The van der Waals surface area contributed by atoms with Gasteiger partial charge in [-0.1, -0.05) is 0 Å². The molecule has 0 spiro atoms. The van der Waals surface area contributed by atoms with Gasteiger partial charge in [-0.15, -0.1) is 0 Å². The Morgan fingerprint density at radius 1 is 1.43 bits per heavy atom. The Hall–Kier alpha value is -0.901. The number of phosphoric ester groups is 1. The Kier molecular flexibility index (Phi) is 3.79. The van der Waals surface area contributed by atoms with Gasteiger partial charge in [-0.25, -0.2) is 0 Å². The molecule has 5 atom stereocenters. The Morgan fingerprint density at radius 3 is 3.04 bits per heavy atom. The number of hydrogen-bond donors (Lipinski definition) is 2. The molecule has 2 aromatic rings. The van der Waals surface area contributed by atoms with Crippen LogP contribution in [0.3, 0.4) is 0 Å². The molecule has 10 nitrogen and oxygen atoms in total. The van der Waals surface area contributed by atoms with Gasteiger partial charge in [-0.05, 0) is 0 Å². The van der Waals surface area contributed by atoms with Gasteiger partial charge < -0.3 is 0 Å². The molecule has 0 saturated carbocycles. The van der Waals surface area contributed by atoms with Gasteiger partial charge in [0, 0.05) is 0 Å². The topological polar surface area (TPSA) is 129 Å². The first-order chi connectivity index (χ1) is 11.0. The predicted octanol–water partition coefficient (Wildman–Crippen LogP) is -1.02. The van der Waals surface area contributed by atoms with Crippen molar-refractivity contribution in [1.82, 2.24) is 19.5 Å². The molecule has 0 radical (unpaired) electrons. The van der Waals surface area contributed by atoms with Crippen LogP contribution < -0.4 is 4.59 Å². The number of aliphatic hydroxyl groups excluding tert-OH is 1. The average molecular weight is 407 g/mol. The number of aliphatic hydroxyl groups is 1. The summed E-state index contributed by atoms with van der Waals surface area (Å²) in [7, 11) is -4.15. The van der Waals surface area contributed by atoms with E-state index in [1.165, 1.54) is 12.7 Å².